The van der Waals surface area contributed by atoms with E-state index in [4.69, 9.17) is 0 Å². The molecule has 2 heterocycles. The maximum Gasteiger partial charge on any atom is 0.255 e. The molecule has 1 aromatic carbocycles. The fraction of sp³-hybridized carbons (Fsp3) is 0.409. The highest BCUT2D eigenvalue weighted by atomic mass is 16.2. The minimum absolute atomic E-state index is 0.0357. The van der Waals surface area contributed by atoms with Crippen LogP contribution < -0.4 is 5.32 Å². The maximum absolute atomic E-state index is 12.7. The van der Waals surface area contributed by atoms with E-state index in [1.54, 1.807) is 24.5 Å². The molecule has 142 valence electrons. The first kappa shape index (κ1) is 19.1. The lowest BCUT2D eigenvalue weighted by molar-refractivity contribution is -0.123. The normalized spacial score (nSPS) is 19.5. The minimum Gasteiger partial charge on any atom is -0.352 e. The highest BCUT2D eigenvalue weighted by Gasteiger charge is 2.32. The summed E-state index contributed by atoms with van der Waals surface area (Å²) in [6.07, 6.45) is 5.65. The first-order chi connectivity index (χ1) is 13.2. The van der Waals surface area contributed by atoms with Gasteiger partial charge in [-0.1, -0.05) is 43.7 Å². The molecule has 2 atom stereocenters. The lowest BCUT2D eigenvalue weighted by Crippen LogP contribution is -2.44. The molecular weight excluding hydrogens is 338 g/mol. The van der Waals surface area contributed by atoms with E-state index in [0.29, 0.717) is 43.5 Å². The molecule has 1 N–H and O–H groups in total. The lowest BCUT2D eigenvalue weighted by Gasteiger charge is -2.38. The molecular formula is C22H27N3O2. The Hall–Kier alpha value is -2.69. The van der Waals surface area contributed by atoms with E-state index in [9.17, 15) is 9.59 Å². The van der Waals surface area contributed by atoms with Crippen molar-refractivity contribution in [2.75, 3.05) is 13.1 Å². The molecule has 1 aliphatic heterocycles. The summed E-state index contributed by atoms with van der Waals surface area (Å²) in [5.74, 6) is 0.799. The molecule has 5 nitrogen and oxygen atoms in total. The Bertz CT molecular complexity index is 749. The first-order valence-electron chi connectivity index (χ1n) is 9.67. The average Bonchev–Trinajstić information content (AvgIpc) is 2.73. The molecule has 1 saturated heterocycles. The van der Waals surface area contributed by atoms with Crippen molar-refractivity contribution in [2.45, 2.75) is 32.7 Å². The van der Waals surface area contributed by atoms with Crippen molar-refractivity contribution in [1.82, 2.24) is 15.2 Å². The summed E-state index contributed by atoms with van der Waals surface area (Å²) in [6.45, 7) is 4.11. The van der Waals surface area contributed by atoms with Gasteiger partial charge in [-0.15, -0.1) is 0 Å². The number of pyridine rings is 1. The first-order valence-corrected chi connectivity index (χ1v) is 9.67. The average molecular weight is 365 g/mol. The zero-order valence-corrected chi connectivity index (χ0v) is 15.8. The molecule has 0 radical (unpaired) electrons. The highest BCUT2D eigenvalue weighted by molar-refractivity contribution is 5.94. The van der Waals surface area contributed by atoms with Crippen LogP contribution in [0.15, 0.2) is 54.9 Å². The molecule has 2 amide bonds. The number of amides is 2. The predicted molar refractivity (Wildman–Crippen MR) is 105 cm³/mol. The molecule has 0 spiro atoms. The monoisotopic (exact) mass is 365 g/mol. The van der Waals surface area contributed by atoms with Gasteiger partial charge in [-0.05, 0) is 36.0 Å². The number of piperidine rings is 1. The Morgan fingerprint density at radius 1 is 1.15 bits per heavy atom. The van der Waals surface area contributed by atoms with Crippen LogP contribution in [0.4, 0.5) is 0 Å². The van der Waals surface area contributed by atoms with Crippen molar-refractivity contribution in [3.8, 4) is 0 Å². The van der Waals surface area contributed by atoms with Crippen molar-refractivity contribution >= 4 is 11.8 Å². The van der Waals surface area contributed by atoms with Gasteiger partial charge in [0.15, 0.2) is 0 Å². The van der Waals surface area contributed by atoms with Crippen molar-refractivity contribution in [1.29, 1.82) is 0 Å². The van der Waals surface area contributed by atoms with E-state index >= 15 is 0 Å². The Morgan fingerprint density at radius 3 is 2.67 bits per heavy atom. The van der Waals surface area contributed by atoms with Gasteiger partial charge in [0.1, 0.15) is 0 Å². The third-order valence-electron chi connectivity index (χ3n) is 5.39. The second kappa shape index (κ2) is 9.31. The van der Waals surface area contributed by atoms with Crippen LogP contribution in [0.25, 0.3) is 0 Å². The molecule has 27 heavy (non-hydrogen) atoms. The molecule has 0 saturated carbocycles. The maximum atomic E-state index is 12.7. The lowest BCUT2D eigenvalue weighted by atomic mass is 9.81. The van der Waals surface area contributed by atoms with Crippen LogP contribution in [0.3, 0.4) is 0 Å². The summed E-state index contributed by atoms with van der Waals surface area (Å²) >= 11 is 0. The number of hydrogen-bond acceptors (Lipinski definition) is 3. The molecule has 0 bridgehead atoms. The summed E-state index contributed by atoms with van der Waals surface area (Å²) in [6, 6.07) is 13.5. The molecule has 0 unspecified atom stereocenters. The molecule has 1 aromatic heterocycles. The molecule has 5 heteroatoms. The number of nitrogens with one attached hydrogen (secondary N) is 1. The molecule has 0 aliphatic carbocycles. The number of hydrogen-bond donors (Lipinski definition) is 1. The van der Waals surface area contributed by atoms with Crippen molar-refractivity contribution < 1.29 is 9.59 Å². The van der Waals surface area contributed by atoms with Gasteiger partial charge < -0.3 is 10.2 Å². The molecule has 3 rings (SSSR count). The fourth-order valence-corrected chi connectivity index (χ4v) is 3.78. The molecule has 2 aromatic rings. The molecule has 1 fully saturated rings. The summed E-state index contributed by atoms with van der Waals surface area (Å²) in [5.41, 5.74) is 1.74. The number of likely N-dealkylation sites (tertiary alicyclic amines) is 1. The number of carbonyl (C=O) groups is 2. The Labute approximate surface area is 160 Å². The Balaban J connectivity index is 1.52. The van der Waals surface area contributed by atoms with Crippen molar-refractivity contribution in [2.24, 2.45) is 11.8 Å². The quantitative estimate of drug-likeness (QED) is 0.854. The van der Waals surface area contributed by atoms with E-state index in [-0.39, 0.29) is 11.8 Å². The summed E-state index contributed by atoms with van der Waals surface area (Å²) in [7, 11) is 0. The minimum atomic E-state index is 0.0357. The number of aromatic nitrogens is 1. The largest absolute Gasteiger partial charge is 0.352 e. The van der Waals surface area contributed by atoms with E-state index in [0.717, 1.165) is 18.4 Å². The third-order valence-corrected chi connectivity index (χ3v) is 5.39. The number of nitrogens with zero attached hydrogens (tertiary/aromatic N) is 2. The summed E-state index contributed by atoms with van der Waals surface area (Å²) < 4.78 is 0. The van der Waals surface area contributed by atoms with Crippen LogP contribution in [0.2, 0.25) is 0 Å². The standard InChI is InChI=1S/C22H27N3O2/c1-2-18-16-25(22(27)20-9-6-11-23-15-20)12-10-19(18)13-21(26)24-14-17-7-4-3-5-8-17/h3-9,11,15,18-19H,2,10,12-14,16H2,1H3,(H,24,26)/t18-,19+/m1/s1. The second-order valence-corrected chi connectivity index (χ2v) is 7.18. The smallest absolute Gasteiger partial charge is 0.255 e. The van der Waals surface area contributed by atoms with Crippen LogP contribution in [0.1, 0.15) is 42.1 Å². The summed E-state index contributed by atoms with van der Waals surface area (Å²) in [4.78, 5) is 31.0. The van der Waals surface area contributed by atoms with Crippen LogP contribution in [0.5, 0.6) is 0 Å². The fourth-order valence-electron chi connectivity index (χ4n) is 3.78. The number of rotatable bonds is 6. The second-order valence-electron chi connectivity index (χ2n) is 7.18. The van der Waals surface area contributed by atoms with Gasteiger partial charge in [0.25, 0.3) is 5.91 Å². The van der Waals surface area contributed by atoms with Gasteiger partial charge in [0.05, 0.1) is 5.56 Å². The Morgan fingerprint density at radius 2 is 1.96 bits per heavy atom. The van der Waals surface area contributed by atoms with Crippen LogP contribution in [0, 0.1) is 11.8 Å². The van der Waals surface area contributed by atoms with Gasteiger partial charge in [-0.25, -0.2) is 0 Å². The van der Waals surface area contributed by atoms with Crippen molar-refractivity contribution in [3.05, 3.63) is 66.0 Å². The van der Waals surface area contributed by atoms with Crippen LogP contribution >= 0.6 is 0 Å². The van der Waals surface area contributed by atoms with Gasteiger partial charge in [-0.3, -0.25) is 14.6 Å². The number of benzene rings is 1. The van der Waals surface area contributed by atoms with E-state index in [1.807, 2.05) is 35.2 Å². The topological polar surface area (TPSA) is 62.3 Å². The van der Waals surface area contributed by atoms with Crippen LogP contribution in [-0.2, 0) is 11.3 Å². The van der Waals surface area contributed by atoms with Crippen molar-refractivity contribution in [3.63, 3.8) is 0 Å². The summed E-state index contributed by atoms with van der Waals surface area (Å²) in [5, 5.41) is 3.02. The zero-order chi connectivity index (χ0) is 19.1. The SMILES string of the molecule is CC[C@@H]1CN(C(=O)c2cccnc2)CC[C@H]1CC(=O)NCc1ccccc1. The van der Waals surface area contributed by atoms with E-state index in [1.165, 1.54) is 0 Å². The van der Waals surface area contributed by atoms with E-state index in [2.05, 4.69) is 17.2 Å². The van der Waals surface area contributed by atoms with Gasteiger partial charge in [0, 0.05) is 38.4 Å². The number of carbonyl (C=O) groups excluding carboxylic acids is 2. The van der Waals surface area contributed by atoms with Gasteiger partial charge in [0.2, 0.25) is 5.91 Å². The Kier molecular flexibility index (Phi) is 6.58. The van der Waals surface area contributed by atoms with E-state index < -0.39 is 0 Å². The van der Waals surface area contributed by atoms with Gasteiger partial charge >= 0.3 is 0 Å². The van der Waals surface area contributed by atoms with Gasteiger partial charge in [-0.2, -0.15) is 0 Å². The zero-order valence-electron chi connectivity index (χ0n) is 15.8. The predicted octanol–water partition coefficient (Wildman–Crippen LogP) is 3.28. The third kappa shape index (κ3) is 5.16. The molecule has 1 aliphatic rings. The van der Waals surface area contributed by atoms with Crippen LogP contribution in [-0.4, -0.2) is 34.8 Å². The highest BCUT2D eigenvalue weighted by Crippen LogP contribution is 2.29.